The van der Waals surface area contributed by atoms with Crippen molar-refractivity contribution < 1.29 is 50.0 Å². The summed E-state index contributed by atoms with van der Waals surface area (Å²) in [5.41, 5.74) is -0.175. The maximum Gasteiger partial charge on any atom is 0.187 e. The molecule has 0 saturated carbocycles. The van der Waals surface area contributed by atoms with Crippen LogP contribution in [-0.2, 0) is 14.2 Å². The highest BCUT2D eigenvalue weighted by Crippen LogP contribution is 2.38. The Hall–Kier alpha value is -0.940. The molecule has 2 aliphatic heterocycles. The van der Waals surface area contributed by atoms with Crippen LogP contribution in [0.4, 0.5) is 0 Å². The first-order chi connectivity index (χ1) is 15.3. The van der Waals surface area contributed by atoms with E-state index < -0.39 is 73.8 Å². The summed E-state index contributed by atoms with van der Waals surface area (Å²) in [5, 5.41) is 70.4. The van der Waals surface area contributed by atoms with E-state index in [0.29, 0.717) is 4.34 Å². The molecule has 32 heavy (non-hydrogen) atoms. The molecule has 0 bridgehead atoms. The molecule has 2 fully saturated rings. The number of nitrogens with zero attached hydrogens (tertiary/aromatic N) is 1. The number of rotatable bonds is 6. The molecule has 0 amide bonds. The predicted molar refractivity (Wildman–Crippen MR) is 112 cm³/mol. The normalized spacial score (nSPS) is 40.6. The molecule has 178 valence electrons. The number of aliphatic hydroxyl groups is 7. The molecule has 13 heteroatoms. The molecule has 0 spiro atoms. The van der Waals surface area contributed by atoms with Gasteiger partial charge in [0.25, 0.3) is 0 Å². The first kappa shape index (κ1) is 24.2. The third-order valence-electron chi connectivity index (χ3n) is 5.45. The van der Waals surface area contributed by atoms with E-state index in [-0.39, 0.29) is 0 Å². The summed E-state index contributed by atoms with van der Waals surface area (Å²) in [6.45, 7) is -1.23. The molecule has 1 aromatic heterocycles. The monoisotopic (exact) mass is 491 g/mol. The van der Waals surface area contributed by atoms with Gasteiger partial charge in [-0.1, -0.05) is 23.9 Å². The van der Waals surface area contributed by atoms with E-state index in [1.165, 1.54) is 11.3 Å². The van der Waals surface area contributed by atoms with Crippen molar-refractivity contribution in [3.8, 4) is 0 Å². The minimum Gasteiger partial charge on any atom is -0.394 e. The lowest BCUT2D eigenvalue weighted by molar-refractivity contribution is -0.338. The number of hydrogen-bond donors (Lipinski definition) is 7. The molecular formula is C19H25NO10S2. The Morgan fingerprint density at radius 2 is 1.59 bits per heavy atom. The van der Waals surface area contributed by atoms with Crippen molar-refractivity contribution in [1.29, 1.82) is 0 Å². The molecule has 10 atom stereocenters. The highest BCUT2D eigenvalue weighted by Gasteiger charge is 2.50. The molecule has 7 N–H and O–H groups in total. The van der Waals surface area contributed by atoms with E-state index in [1.54, 1.807) is 0 Å². The summed E-state index contributed by atoms with van der Waals surface area (Å²) in [7, 11) is 0. The average Bonchev–Trinajstić information content (AvgIpc) is 3.21. The van der Waals surface area contributed by atoms with Gasteiger partial charge in [0.2, 0.25) is 0 Å². The van der Waals surface area contributed by atoms with Crippen LogP contribution < -0.4 is 0 Å². The Morgan fingerprint density at radius 1 is 0.875 bits per heavy atom. The topological polar surface area (TPSA) is 182 Å². The zero-order valence-electron chi connectivity index (χ0n) is 16.6. The number of fused-ring (bicyclic) bond motifs is 1. The van der Waals surface area contributed by atoms with Gasteiger partial charge in [-0.05, 0) is 12.1 Å². The first-order valence-electron chi connectivity index (χ1n) is 9.94. The Labute approximate surface area is 190 Å². The molecule has 3 heterocycles. The second-order valence-electron chi connectivity index (χ2n) is 7.57. The van der Waals surface area contributed by atoms with Gasteiger partial charge >= 0.3 is 0 Å². The van der Waals surface area contributed by atoms with Crippen LogP contribution in [0.1, 0.15) is 0 Å². The molecule has 2 saturated heterocycles. The number of thioether (sulfide) groups is 1. The molecule has 1 aromatic carbocycles. The highest BCUT2D eigenvalue weighted by molar-refractivity contribution is 8.01. The standard InChI is InChI=1S/C19H25NO10S2/c21-5-8-11(23)12(24)14(26)17(28-8)30-16-9(6-22)29-18(15(27)13(16)25)32-19-20-7-3-1-2-4-10(7)31-19/h1-4,8-9,11-18,21-27H,5-6H2/t8-,9-,11+,12+,13-,14-,15-,16-,17+,18+/m1/s1. The van der Waals surface area contributed by atoms with Crippen molar-refractivity contribution in [2.45, 2.75) is 64.9 Å². The van der Waals surface area contributed by atoms with Gasteiger partial charge in [0.05, 0.1) is 23.4 Å². The van der Waals surface area contributed by atoms with Gasteiger partial charge in [0.15, 0.2) is 10.6 Å². The van der Waals surface area contributed by atoms with Gasteiger partial charge in [-0.25, -0.2) is 4.98 Å². The Bertz CT molecular complexity index is 865. The maximum atomic E-state index is 10.7. The Balaban J connectivity index is 1.47. The highest BCUT2D eigenvalue weighted by atomic mass is 32.2. The predicted octanol–water partition coefficient (Wildman–Crippen LogP) is -1.99. The van der Waals surface area contributed by atoms with Gasteiger partial charge in [-0.3, -0.25) is 0 Å². The summed E-state index contributed by atoms with van der Waals surface area (Å²) < 4.78 is 18.2. The maximum absolute atomic E-state index is 10.7. The average molecular weight is 492 g/mol. The first-order valence-corrected chi connectivity index (χ1v) is 11.6. The molecule has 11 nitrogen and oxygen atoms in total. The van der Waals surface area contributed by atoms with E-state index in [9.17, 15) is 35.7 Å². The molecule has 2 aromatic rings. The third kappa shape index (κ3) is 4.66. The summed E-state index contributed by atoms with van der Waals surface area (Å²) in [5.74, 6) is 0. The van der Waals surface area contributed by atoms with Crippen molar-refractivity contribution in [3.63, 3.8) is 0 Å². The van der Waals surface area contributed by atoms with Crippen molar-refractivity contribution in [1.82, 2.24) is 4.98 Å². The SMILES string of the molecule is OC[C@H]1O[C@@H](O[C@H]2[C@H](O)[C@@H](O)[C@H](Sc3nc4ccccc4s3)O[C@@H]2CO)[C@H](O)[C@@H](O)[C@H]1O. The Kier molecular flexibility index (Phi) is 7.66. The zero-order chi connectivity index (χ0) is 23.0. The van der Waals surface area contributed by atoms with Gasteiger partial charge in [-0.15, -0.1) is 11.3 Å². The molecule has 0 aliphatic carbocycles. The lowest BCUT2D eigenvalue weighted by Gasteiger charge is -2.45. The number of ether oxygens (including phenoxy) is 3. The van der Waals surface area contributed by atoms with Crippen LogP contribution >= 0.6 is 23.1 Å². The van der Waals surface area contributed by atoms with Crippen molar-refractivity contribution in [2.75, 3.05) is 13.2 Å². The van der Waals surface area contributed by atoms with Crippen LogP contribution in [0.25, 0.3) is 10.2 Å². The second-order valence-corrected chi connectivity index (χ2v) is 9.95. The summed E-state index contributed by atoms with van der Waals surface area (Å²) in [6.07, 6.45) is -13.1. The van der Waals surface area contributed by atoms with Crippen molar-refractivity contribution in [2.24, 2.45) is 0 Å². The van der Waals surface area contributed by atoms with Gasteiger partial charge in [-0.2, -0.15) is 0 Å². The number of aromatic nitrogens is 1. The van der Waals surface area contributed by atoms with Crippen LogP contribution in [0, 0.1) is 0 Å². The number of thiazole rings is 1. The minimum atomic E-state index is -1.70. The van der Waals surface area contributed by atoms with Gasteiger partial charge in [0, 0.05) is 0 Å². The number of aliphatic hydroxyl groups excluding tert-OH is 7. The van der Waals surface area contributed by atoms with Crippen LogP contribution in [0.2, 0.25) is 0 Å². The molecule has 0 radical (unpaired) electrons. The summed E-state index contributed by atoms with van der Waals surface area (Å²) in [6, 6.07) is 7.50. The number of benzene rings is 1. The number of para-hydroxylation sites is 1. The van der Waals surface area contributed by atoms with Crippen LogP contribution in [0.15, 0.2) is 28.6 Å². The summed E-state index contributed by atoms with van der Waals surface area (Å²) >= 11 is 2.49. The van der Waals surface area contributed by atoms with E-state index in [0.717, 1.165) is 22.0 Å². The van der Waals surface area contributed by atoms with Crippen LogP contribution in [0.5, 0.6) is 0 Å². The second kappa shape index (κ2) is 10.1. The molecule has 4 rings (SSSR count). The van der Waals surface area contributed by atoms with Crippen molar-refractivity contribution >= 4 is 33.3 Å². The zero-order valence-corrected chi connectivity index (χ0v) is 18.2. The quantitative estimate of drug-likeness (QED) is 0.237. The molecule has 0 unspecified atom stereocenters. The van der Waals surface area contributed by atoms with Crippen LogP contribution in [-0.4, -0.2) is 115 Å². The summed E-state index contributed by atoms with van der Waals surface area (Å²) in [4.78, 5) is 4.46. The molecule has 2 aliphatic rings. The Morgan fingerprint density at radius 3 is 2.28 bits per heavy atom. The van der Waals surface area contributed by atoms with Gasteiger partial charge < -0.3 is 50.0 Å². The number of hydrogen-bond acceptors (Lipinski definition) is 13. The van der Waals surface area contributed by atoms with E-state index in [4.69, 9.17) is 14.2 Å². The van der Waals surface area contributed by atoms with E-state index >= 15 is 0 Å². The minimum absolute atomic E-state index is 0.581. The molecular weight excluding hydrogens is 466 g/mol. The van der Waals surface area contributed by atoms with Crippen LogP contribution in [0.3, 0.4) is 0 Å². The lowest BCUT2D eigenvalue weighted by Crippen LogP contribution is -2.64. The third-order valence-corrected chi connectivity index (χ3v) is 7.74. The van der Waals surface area contributed by atoms with E-state index in [2.05, 4.69) is 4.98 Å². The largest absolute Gasteiger partial charge is 0.394 e. The van der Waals surface area contributed by atoms with E-state index in [1.807, 2.05) is 24.3 Å². The fraction of sp³-hybridized carbons (Fsp3) is 0.632. The lowest BCUT2D eigenvalue weighted by atomic mass is 9.97. The van der Waals surface area contributed by atoms with Gasteiger partial charge in [0.1, 0.15) is 54.3 Å². The van der Waals surface area contributed by atoms with Crippen molar-refractivity contribution in [3.05, 3.63) is 24.3 Å². The fourth-order valence-electron chi connectivity index (χ4n) is 3.65. The fourth-order valence-corrected chi connectivity index (χ4v) is 5.95. The smallest absolute Gasteiger partial charge is 0.187 e.